The Morgan fingerprint density at radius 1 is 1.04 bits per heavy atom. The van der Waals surface area contributed by atoms with Gasteiger partial charge in [-0.15, -0.1) is 11.3 Å². The summed E-state index contributed by atoms with van der Waals surface area (Å²) in [4.78, 5) is 13.2. The van der Waals surface area contributed by atoms with Crippen LogP contribution in [-0.4, -0.2) is 12.5 Å². The zero-order valence-corrected chi connectivity index (χ0v) is 16.6. The Labute approximate surface area is 163 Å². The van der Waals surface area contributed by atoms with E-state index in [2.05, 4.69) is 5.32 Å². The molecule has 5 heteroatoms. The van der Waals surface area contributed by atoms with Gasteiger partial charge in [0.2, 0.25) is 0 Å². The second kappa shape index (κ2) is 8.73. The van der Waals surface area contributed by atoms with Crippen LogP contribution in [0.1, 0.15) is 33.3 Å². The van der Waals surface area contributed by atoms with Gasteiger partial charge in [-0.2, -0.15) is 0 Å². The summed E-state index contributed by atoms with van der Waals surface area (Å²) >= 11 is 1.41. The number of hydrogen-bond donors (Lipinski definition) is 1. The number of anilines is 1. The summed E-state index contributed by atoms with van der Waals surface area (Å²) in [5.74, 6) is 1.32. The summed E-state index contributed by atoms with van der Waals surface area (Å²) in [6.45, 7) is 6.95. The fourth-order valence-corrected chi connectivity index (χ4v) is 3.44. The molecule has 1 aromatic heterocycles. The van der Waals surface area contributed by atoms with Crippen LogP contribution in [0.2, 0.25) is 0 Å². The van der Waals surface area contributed by atoms with Gasteiger partial charge in [0.1, 0.15) is 6.61 Å². The van der Waals surface area contributed by atoms with E-state index in [1.54, 1.807) is 0 Å². The number of rotatable bonds is 7. The Balaban J connectivity index is 1.65. The number of hydrogen-bond acceptors (Lipinski definition) is 4. The van der Waals surface area contributed by atoms with E-state index < -0.39 is 0 Å². The molecule has 3 aromatic rings. The first-order valence-electron chi connectivity index (χ1n) is 8.88. The Morgan fingerprint density at radius 2 is 1.78 bits per heavy atom. The minimum Gasteiger partial charge on any atom is -0.490 e. The number of amides is 1. The van der Waals surface area contributed by atoms with E-state index in [9.17, 15) is 4.79 Å². The largest absolute Gasteiger partial charge is 0.490 e. The van der Waals surface area contributed by atoms with Gasteiger partial charge in [0.25, 0.3) is 5.91 Å². The van der Waals surface area contributed by atoms with Crippen LogP contribution < -0.4 is 14.8 Å². The van der Waals surface area contributed by atoms with Gasteiger partial charge in [-0.25, -0.2) is 0 Å². The van der Waals surface area contributed by atoms with Crippen LogP contribution >= 0.6 is 11.3 Å². The van der Waals surface area contributed by atoms with Crippen molar-refractivity contribution in [3.8, 4) is 11.5 Å². The van der Waals surface area contributed by atoms with Crippen molar-refractivity contribution in [3.05, 3.63) is 75.5 Å². The van der Waals surface area contributed by atoms with Crippen molar-refractivity contribution in [2.75, 3.05) is 11.9 Å². The molecule has 0 saturated carbocycles. The lowest BCUT2D eigenvalue weighted by Crippen LogP contribution is -2.11. The van der Waals surface area contributed by atoms with Crippen LogP contribution in [-0.2, 0) is 6.61 Å². The number of benzene rings is 2. The second-order valence-electron chi connectivity index (χ2n) is 6.19. The van der Waals surface area contributed by atoms with Gasteiger partial charge in [0, 0.05) is 11.3 Å². The minimum absolute atomic E-state index is 0.102. The monoisotopic (exact) mass is 381 g/mol. The number of para-hydroxylation sites is 2. The molecule has 4 nitrogen and oxygen atoms in total. The van der Waals surface area contributed by atoms with Gasteiger partial charge < -0.3 is 14.8 Å². The highest BCUT2D eigenvalue weighted by Crippen LogP contribution is 2.28. The van der Waals surface area contributed by atoms with Crippen molar-refractivity contribution >= 4 is 22.9 Å². The summed E-state index contributed by atoms with van der Waals surface area (Å²) in [7, 11) is 0. The number of aryl methyl sites for hydroxylation is 1. The van der Waals surface area contributed by atoms with E-state index in [1.807, 2.05) is 74.7 Å². The molecule has 0 bridgehead atoms. The van der Waals surface area contributed by atoms with Gasteiger partial charge in [-0.3, -0.25) is 4.79 Å². The van der Waals surface area contributed by atoms with Crippen LogP contribution in [0.5, 0.6) is 11.5 Å². The predicted molar refractivity (Wildman–Crippen MR) is 110 cm³/mol. The maximum Gasteiger partial charge on any atom is 0.265 e. The third kappa shape index (κ3) is 4.68. The molecule has 140 valence electrons. The maximum absolute atomic E-state index is 12.5. The second-order valence-corrected chi connectivity index (χ2v) is 7.10. The van der Waals surface area contributed by atoms with E-state index >= 15 is 0 Å². The summed E-state index contributed by atoms with van der Waals surface area (Å²) < 4.78 is 11.4. The molecule has 0 radical (unpaired) electrons. The van der Waals surface area contributed by atoms with Crippen molar-refractivity contribution in [1.29, 1.82) is 0 Å². The highest BCUT2D eigenvalue weighted by Gasteiger charge is 2.12. The van der Waals surface area contributed by atoms with Gasteiger partial charge in [0.05, 0.1) is 11.5 Å². The predicted octanol–water partition coefficient (Wildman–Crippen LogP) is 5.59. The molecule has 2 aromatic carbocycles. The summed E-state index contributed by atoms with van der Waals surface area (Å²) in [5, 5.41) is 4.94. The zero-order valence-electron chi connectivity index (χ0n) is 15.7. The lowest BCUT2D eigenvalue weighted by molar-refractivity contribution is 0.103. The standard InChI is InChI=1S/C22H23NO3S/c1-4-25-19-10-5-6-11-20(19)26-13-17-12-21(27-14-17)22(24)23-18-9-7-8-15(2)16(18)3/h5-12,14H,4,13H2,1-3H3,(H,23,24). The van der Waals surface area contributed by atoms with Crippen LogP contribution in [0.3, 0.4) is 0 Å². The lowest BCUT2D eigenvalue weighted by atomic mass is 10.1. The first-order chi connectivity index (χ1) is 13.1. The molecule has 3 rings (SSSR count). The summed E-state index contributed by atoms with van der Waals surface area (Å²) in [6.07, 6.45) is 0. The SMILES string of the molecule is CCOc1ccccc1OCc1csc(C(=O)Nc2cccc(C)c2C)c1. The maximum atomic E-state index is 12.5. The van der Waals surface area contributed by atoms with E-state index in [1.165, 1.54) is 11.3 Å². The van der Waals surface area contributed by atoms with Gasteiger partial charge >= 0.3 is 0 Å². The van der Waals surface area contributed by atoms with Crippen molar-refractivity contribution in [2.45, 2.75) is 27.4 Å². The molecule has 0 aliphatic heterocycles. The summed E-state index contributed by atoms with van der Waals surface area (Å²) in [5.41, 5.74) is 4.04. The van der Waals surface area contributed by atoms with Crippen molar-refractivity contribution in [1.82, 2.24) is 0 Å². The van der Waals surface area contributed by atoms with Crippen LogP contribution in [0, 0.1) is 13.8 Å². The molecule has 0 atom stereocenters. The molecule has 0 fully saturated rings. The molecule has 0 unspecified atom stereocenters. The number of carbonyl (C=O) groups excluding carboxylic acids is 1. The molecule has 27 heavy (non-hydrogen) atoms. The smallest absolute Gasteiger partial charge is 0.265 e. The minimum atomic E-state index is -0.102. The Bertz CT molecular complexity index is 933. The van der Waals surface area contributed by atoms with E-state index in [-0.39, 0.29) is 5.91 Å². The Hall–Kier alpha value is -2.79. The molecule has 1 heterocycles. The molecule has 0 spiro atoms. The van der Waals surface area contributed by atoms with Gasteiger partial charge in [0.15, 0.2) is 11.5 Å². The van der Waals surface area contributed by atoms with Crippen molar-refractivity contribution in [2.24, 2.45) is 0 Å². The van der Waals surface area contributed by atoms with Crippen molar-refractivity contribution in [3.63, 3.8) is 0 Å². The van der Waals surface area contributed by atoms with E-state index in [0.29, 0.717) is 23.8 Å². The van der Waals surface area contributed by atoms with E-state index in [0.717, 1.165) is 28.1 Å². The third-order valence-electron chi connectivity index (χ3n) is 4.27. The molecule has 1 amide bonds. The van der Waals surface area contributed by atoms with Crippen LogP contribution in [0.15, 0.2) is 53.9 Å². The van der Waals surface area contributed by atoms with Gasteiger partial charge in [-0.05, 0) is 61.5 Å². The average molecular weight is 381 g/mol. The topological polar surface area (TPSA) is 47.6 Å². The Kier molecular flexibility index (Phi) is 6.14. The number of thiophene rings is 1. The van der Waals surface area contributed by atoms with Crippen molar-refractivity contribution < 1.29 is 14.3 Å². The fraction of sp³-hybridized carbons (Fsp3) is 0.227. The highest BCUT2D eigenvalue weighted by molar-refractivity contribution is 7.12. The highest BCUT2D eigenvalue weighted by atomic mass is 32.1. The number of carbonyl (C=O) groups is 1. The molecule has 0 aliphatic rings. The number of ether oxygens (including phenoxy) is 2. The molecular weight excluding hydrogens is 358 g/mol. The van der Waals surface area contributed by atoms with E-state index in [4.69, 9.17) is 9.47 Å². The van der Waals surface area contributed by atoms with Gasteiger partial charge in [-0.1, -0.05) is 24.3 Å². The molecule has 0 aliphatic carbocycles. The zero-order chi connectivity index (χ0) is 19.2. The number of nitrogens with one attached hydrogen (secondary N) is 1. The lowest BCUT2D eigenvalue weighted by Gasteiger charge is -2.10. The fourth-order valence-electron chi connectivity index (χ4n) is 2.65. The normalized spacial score (nSPS) is 10.5. The third-order valence-corrected chi connectivity index (χ3v) is 5.25. The first kappa shape index (κ1) is 19.0. The first-order valence-corrected chi connectivity index (χ1v) is 9.76. The Morgan fingerprint density at radius 3 is 2.52 bits per heavy atom. The molecule has 1 N–H and O–H groups in total. The van der Waals surface area contributed by atoms with Crippen LogP contribution in [0.4, 0.5) is 5.69 Å². The molecular formula is C22H23NO3S. The summed E-state index contributed by atoms with van der Waals surface area (Å²) in [6, 6.07) is 15.4. The quantitative estimate of drug-likeness (QED) is 0.580. The molecule has 0 saturated heterocycles. The average Bonchev–Trinajstić information content (AvgIpc) is 3.14. The van der Waals surface area contributed by atoms with Crippen LogP contribution in [0.25, 0.3) is 0 Å².